The molecule has 1 N–H and O–H groups in total. The third-order valence-electron chi connectivity index (χ3n) is 12.2. The van der Waals surface area contributed by atoms with E-state index in [2.05, 4.69) is 0 Å². The van der Waals surface area contributed by atoms with E-state index < -0.39 is 79.9 Å². The van der Waals surface area contributed by atoms with Crippen molar-refractivity contribution in [3.63, 3.8) is 0 Å². The first-order chi connectivity index (χ1) is 28.2. The highest BCUT2D eigenvalue weighted by Crippen LogP contribution is 2.65. The number of anilines is 3. The van der Waals surface area contributed by atoms with Gasteiger partial charge in [0.1, 0.15) is 0 Å². The van der Waals surface area contributed by atoms with Gasteiger partial charge in [-0.2, -0.15) is 0 Å². The van der Waals surface area contributed by atoms with Crippen molar-refractivity contribution in [3.05, 3.63) is 127 Å². The summed E-state index contributed by atoms with van der Waals surface area (Å²) in [5.74, 6) is -8.01. The lowest BCUT2D eigenvalue weighted by Crippen LogP contribution is -2.53. The number of amides is 4. The number of carbonyl (C=O) groups is 4. The number of hydrogen-bond donors (Lipinski definition) is 1. The van der Waals surface area contributed by atoms with Crippen molar-refractivity contribution in [2.75, 3.05) is 43.0 Å². The number of phenolic OH excluding ortho intramolecular Hbond substituents is 1. The molecule has 4 aromatic rings. The summed E-state index contributed by atoms with van der Waals surface area (Å²) in [5.41, 5.74) is -1.95. The van der Waals surface area contributed by atoms with Crippen LogP contribution < -0.4 is 24.2 Å². The van der Waals surface area contributed by atoms with Gasteiger partial charge in [0.05, 0.1) is 58.6 Å². The van der Waals surface area contributed by atoms with Gasteiger partial charge >= 0.3 is 11.4 Å². The van der Waals surface area contributed by atoms with E-state index in [1.807, 2.05) is 0 Å². The van der Waals surface area contributed by atoms with Gasteiger partial charge in [-0.15, -0.1) is 0 Å². The summed E-state index contributed by atoms with van der Waals surface area (Å²) in [6.07, 6.45) is 1.73. The topological polar surface area (TPSA) is 203 Å². The van der Waals surface area contributed by atoms with E-state index in [0.717, 1.165) is 21.9 Å². The summed E-state index contributed by atoms with van der Waals surface area (Å²) >= 11 is 6.40. The minimum atomic E-state index is -1.66. The molecule has 2 aliphatic heterocycles. The molecule has 1 saturated carbocycles. The minimum absolute atomic E-state index is 0.00389. The predicted molar refractivity (Wildman–Crippen MR) is 214 cm³/mol. The average Bonchev–Trinajstić information content (AvgIpc) is 3.61. The Morgan fingerprint density at radius 1 is 0.797 bits per heavy atom. The van der Waals surface area contributed by atoms with E-state index in [1.54, 1.807) is 66.7 Å². The van der Waals surface area contributed by atoms with Crippen molar-refractivity contribution in [2.45, 2.75) is 24.2 Å². The molecular weight excluding hydrogens is 786 g/mol. The monoisotopic (exact) mass is 821 g/mol. The third-order valence-corrected chi connectivity index (χ3v) is 12.4. The van der Waals surface area contributed by atoms with Gasteiger partial charge in [0, 0.05) is 37.2 Å². The summed E-state index contributed by atoms with van der Waals surface area (Å²) in [6.45, 7) is 0. The highest BCUT2D eigenvalue weighted by molar-refractivity contribution is 6.32. The molecule has 8 rings (SSSR count). The number of phenols is 1. The summed E-state index contributed by atoms with van der Waals surface area (Å²) in [5, 5.41) is 35.8. The fraction of sp³-hybridized carbons (Fsp3) is 0.286. The predicted octanol–water partition coefficient (Wildman–Crippen LogP) is 6.31. The van der Waals surface area contributed by atoms with Crippen LogP contribution in [0.2, 0.25) is 5.02 Å². The third kappa shape index (κ3) is 5.64. The van der Waals surface area contributed by atoms with E-state index in [1.165, 1.54) is 39.3 Å². The fourth-order valence-corrected chi connectivity index (χ4v) is 10.1. The van der Waals surface area contributed by atoms with Crippen LogP contribution in [0.3, 0.4) is 0 Å². The number of nitro benzene ring substituents is 2. The highest BCUT2D eigenvalue weighted by atomic mass is 35.5. The number of nitrogens with zero attached hydrogens (tertiary/aromatic N) is 5. The Hall–Kier alpha value is -6.81. The summed E-state index contributed by atoms with van der Waals surface area (Å²) < 4.78 is 11.1. The van der Waals surface area contributed by atoms with Crippen LogP contribution in [-0.2, 0) is 24.6 Å². The molecule has 2 aliphatic carbocycles. The van der Waals surface area contributed by atoms with E-state index in [9.17, 15) is 34.9 Å². The lowest BCUT2D eigenvalue weighted by atomic mass is 9.49. The number of aromatic hydroxyl groups is 1. The smallest absolute Gasteiger partial charge is 0.301 e. The Morgan fingerprint density at radius 2 is 1.42 bits per heavy atom. The number of ether oxygens (including phenoxy) is 2. The fourth-order valence-electron chi connectivity index (χ4n) is 9.91. The second-order valence-corrected chi connectivity index (χ2v) is 15.6. The van der Waals surface area contributed by atoms with Gasteiger partial charge < -0.3 is 19.5 Å². The standard InChI is InChI=1S/C42H36ClN5O11/c1-44(2)36-30(47(54)55)18-25(19-31(36)48(56)57)45-38(50)27-14-13-26-28(34(27)40(45)52)20-29-39(51)46(24-12-8-11-23(43)17-24)41(53)42(29,22-9-6-5-7-10-22)35(26)21-15-32(58-3)37(49)33(16-21)59-4/h5-13,15-19,27-29,34-35,49H,14,20H2,1-4H3. The van der Waals surface area contributed by atoms with Crippen LogP contribution in [0.1, 0.15) is 29.9 Å². The van der Waals surface area contributed by atoms with Crippen LogP contribution in [0.4, 0.5) is 28.4 Å². The number of rotatable bonds is 9. The summed E-state index contributed by atoms with van der Waals surface area (Å²) in [7, 11) is 5.51. The Morgan fingerprint density at radius 3 is 1.98 bits per heavy atom. The zero-order chi connectivity index (χ0) is 42.2. The lowest BCUT2D eigenvalue weighted by molar-refractivity contribution is -0.392. The number of benzene rings is 4. The SMILES string of the molecule is COc1cc(C2C3=CCC4C(=O)N(c5cc([N+](=O)[O-])c(N(C)C)c([N+](=O)[O-])c5)C(=O)C4C3CC3C(=O)N(c4cccc(Cl)c4)C(=O)C32c2ccccc2)cc(OC)c1O. The molecular formula is C42H36ClN5O11. The van der Waals surface area contributed by atoms with Gasteiger partial charge in [0.25, 0.3) is 0 Å². The molecule has 3 fully saturated rings. The Balaban J connectivity index is 1.35. The largest absolute Gasteiger partial charge is 0.502 e. The molecule has 6 atom stereocenters. The summed E-state index contributed by atoms with van der Waals surface area (Å²) in [4.78, 5) is 85.8. The second-order valence-electron chi connectivity index (χ2n) is 15.1. The van der Waals surface area contributed by atoms with E-state index in [0.29, 0.717) is 16.7 Å². The Bertz CT molecular complexity index is 2480. The number of halogens is 1. The molecule has 4 aromatic carbocycles. The quantitative estimate of drug-likeness (QED) is 0.0854. The van der Waals surface area contributed by atoms with Crippen LogP contribution in [0.5, 0.6) is 17.2 Å². The van der Waals surface area contributed by atoms with Crippen molar-refractivity contribution < 1.29 is 43.6 Å². The zero-order valence-corrected chi connectivity index (χ0v) is 32.8. The molecule has 2 saturated heterocycles. The van der Waals surface area contributed by atoms with Crippen LogP contribution in [-0.4, -0.2) is 66.9 Å². The lowest BCUT2D eigenvalue weighted by Gasteiger charge is -2.50. The van der Waals surface area contributed by atoms with Crippen molar-refractivity contribution in [3.8, 4) is 17.2 Å². The molecule has 0 aromatic heterocycles. The molecule has 16 nitrogen and oxygen atoms in total. The van der Waals surface area contributed by atoms with Gasteiger partial charge in [-0.05, 0) is 60.2 Å². The minimum Gasteiger partial charge on any atom is -0.502 e. The molecule has 17 heteroatoms. The van der Waals surface area contributed by atoms with Crippen LogP contribution in [0.25, 0.3) is 0 Å². The van der Waals surface area contributed by atoms with E-state index in [4.69, 9.17) is 21.1 Å². The van der Waals surface area contributed by atoms with Gasteiger partial charge in [-0.25, -0.2) is 9.80 Å². The number of fused-ring (bicyclic) bond motifs is 4. The molecule has 4 amide bonds. The maximum Gasteiger partial charge on any atom is 0.301 e. The maximum atomic E-state index is 15.5. The Kier molecular flexibility index (Phi) is 9.42. The first-order valence-electron chi connectivity index (χ1n) is 18.5. The first kappa shape index (κ1) is 39.0. The van der Waals surface area contributed by atoms with Crippen molar-refractivity contribution >= 4 is 63.7 Å². The molecule has 59 heavy (non-hydrogen) atoms. The number of hydrogen-bond acceptors (Lipinski definition) is 12. The van der Waals surface area contributed by atoms with Crippen LogP contribution in [0, 0.1) is 43.9 Å². The maximum absolute atomic E-state index is 15.5. The number of nitro groups is 2. The molecule has 302 valence electrons. The molecule has 2 heterocycles. The highest BCUT2D eigenvalue weighted by Gasteiger charge is 2.70. The van der Waals surface area contributed by atoms with Crippen LogP contribution >= 0.6 is 11.6 Å². The van der Waals surface area contributed by atoms with E-state index in [-0.39, 0.29) is 52.2 Å². The Labute approximate surface area is 341 Å². The number of carbonyl (C=O) groups excluding carboxylic acids is 4. The zero-order valence-electron chi connectivity index (χ0n) is 32.0. The number of imide groups is 2. The molecule has 0 spiro atoms. The van der Waals surface area contributed by atoms with E-state index >= 15 is 9.59 Å². The number of methoxy groups -OCH3 is 2. The van der Waals surface area contributed by atoms with Crippen molar-refractivity contribution in [2.24, 2.45) is 23.7 Å². The number of allylic oxidation sites excluding steroid dienone is 2. The molecule has 0 bridgehead atoms. The van der Waals surface area contributed by atoms with Gasteiger partial charge in [-0.3, -0.25) is 39.4 Å². The molecule has 0 radical (unpaired) electrons. The van der Waals surface area contributed by atoms with Crippen molar-refractivity contribution in [1.29, 1.82) is 0 Å². The second kappa shape index (κ2) is 14.2. The normalized spacial score (nSPS) is 24.6. The first-order valence-corrected chi connectivity index (χ1v) is 18.9. The summed E-state index contributed by atoms with van der Waals surface area (Å²) in [6, 6.07) is 20.2. The van der Waals surface area contributed by atoms with Gasteiger partial charge in [0.15, 0.2) is 17.2 Å². The van der Waals surface area contributed by atoms with Gasteiger partial charge in [0.2, 0.25) is 29.4 Å². The van der Waals surface area contributed by atoms with Crippen molar-refractivity contribution in [1.82, 2.24) is 0 Å². The van der Waals surface area contributed by atoms with Crippen LogP contribution in [0.15, 0.2) is 90.5 Å². The average molecular weight is 822 g/mol. The molecule has 4 aliphatic rings. The molecule has 6 unspecified atom stereocenters. The van der Waals surface area contributed by atoms with Gasteiger partial charge in [-0.1, -0.05) is 59.6 Å².